The summed E-state index contributed by atoms with van der Waals surface area (Å²) in [5.74, 6) is -1.68. The van der Waals surface area contributed by atoms with Gasteiger partial charge in [0.2, 0.25) is 5.76 Å². The second-order valence-corrected chi connectivity index (χ2v) is 10.2. The second kappa shape index (κ2) is 12.0. The van der Waals surface area contributed by atoms with Gasteiger partial charge in [0.15, 0.2) is 4.80 Å². The molecule has 0 saturated carbocycles. The average molecular weight is 597 g/mol. The van der Waals surface area contributed by atoms with Gasteiger partial charge in [-0.25, -0.2) is 19.0 Å². The zero-order valence-electron chi connectivity index (χ0n) is 21.8. The van der Waals surface area contributed by atoms with Crippen LogP contribution < -0.4 is 19.6 Å². The molecule has 9 nitrogen and oxygen atoms in total. The lowest BCUT2D eigenvalue weighted by Crippen LogP contribution is -2.40. The van der Waals surface area contributed by atoms with Gasteiger partial charge >= 0.3 is 11.9 Å². The minimum atomic E-state index is -0.936. The highest BCUT2D eigenvalue weighted by Gasteiger charge is 2.33. The van der Waals surface area contributed by atoms with Crippen molar-refractivity contribution in [1.29, 1.82) is 0 Å². The Hall–Kier alpha value is -4.32. The van der Waals surface area contributed by atoms with Crippen LogP contribution in [0.15, 0.2) is 86.3 Å². The highest BCUT2D eigenvalue weighted by molar-refractivity contribution is 7.07. The van der Waals surface area contributed by atoms with Gasteiger partial charge in [0.05, 0.1) is 39.7 Å². The summed E-state index contributed by atoms with van der Waals surface area (Å²) in [7, 11) is 1.48. The predicted octanol–water partition coefficient (Wildman–Crippen LogP) is 4.03. The van der Waals surface area contributed by atoms with E-state index in [1.54, 1.807) is 25.1 Å². The Labute approximate surface area is 241 Å². The number of hydrogen-bond donors (Lipinski definition) is 0. The Morgan fingerprint density at radius 1 is 1.12 bits per heavy atom. The lowest BCUT2D eigenvalue weighted by molar-refractivity contribution is -0.140. The molecule has 0 bridgehead atoms. The number of thiazole rings is 1. The third-order valence-corrected chi connectivity index (χ3v) is 7.48. The highest BCUT2D eigenvalue weighted by atomic mass is 35.5. The van der Waals surface area contributed by atoms with E-state index in [9.17, 15) is 18.8 Å². The molecule has 2 aromatic heterocycles. The molecule has 0 saturated heterocycles. The Morgan fingerprint density at radius 2 is 1.90 bits per heavy atom. The van der Waals surface area contributed by atoms with Gasteiger partial charge in [-0.1, -0.05) is 41.1 Å². The smallest absolute Gasteiger partial charge is 0.379 e. The summed E-state index contributed by atoms with van der Waals surface area (Å²) in [6.07, 6.45) is 2.73. The molecule has 4 aromatic rings. The van der Waals surface area contributed by atoms with Crippen molar-refractivity contribution >= 4 is 41.0 Å². The van der Waals surface area contributed by atoms with Crippen LogP contribution in [0.4, 0.5) is 4.39 Å². The number of carbonyl (C=O) groups is 2. The molecule has 12 heteroatoms. The molecule has 0 N–H and O–H groups in total. The van der Waals surface area contributed by atoms with Gasteiger partial charge in [-0.05, 0) is 55.0 Å². The van der Waals surface area contributed by atoms with Crippen molar-refractivity contribution in [3.8, 4) is 5.75 Å². The van der Waals surface area contributed by atoms with Crippen LogP contribution in [-0.2, 0) is 14.3 Å². The fraction of sp³-hybridized carbons (Fsp3) is 0.172. The number of methoxy groups -OCH3 is 1. The molecular formula is C29H22ClFN2O7S. The molecule has 1 atom stereocenters. The van der Waals surface area contributed by atoms with E-state index in [1.807, 2.05) is 0 Å². The van der Waals surface area contributed by atoms with Gasteiger partial charge in [0, 0.05) is 12.7 Å². The predicted molar refractivity (Wildman–Crippen MR) is 148 cm³/mol. The van der Waals surface area contributed by atoms with Crippen LogP contribution in [0.5, 0.6) is 5.75 Å². The zero-order chi connectivity index (χ0) is 29.1. The summed E-state index contributed by atoms with van der Waals surface area (Å²) in [6, 6.07) is 12.7. The molecule has 41 heavy (non-hydrogen) atoms. The van der Waals surface area contributed by atoms with E-state index < -0.39 is 29.4 Å². The Balaban J connectivity index is 1.59. The van der Waals surface area contributed by atoms with Crippen molar-refractivity contribution in [2.45, 2.75) is 13.0 Å². The number of halogens is 2. The summed E-state index contributed by atoms with van der Waals surface area (Å²) in [5.41, 5.74) is 0.578. The van der Waals surface area contributed by atoms with Crippen LogP contribution in [0.2, 0.25) is 5.02 Å². The highest BCUT2D eigenvalue weighted by Crippen LogP contribution is 2.32. The first-order chi connectivity index (χ1) is 19.8. The number of furan rings is 1. The van der Waals surface area contributed by atoms with E-state index in [0.717, 1.165) is 11.3 Å². The Morgan fingerprint density at radius 3 is 2.59 bits per heavy atom. The number of rotatable bonds is 8. The first kappa shape index (κ1) is 28.2. The number of fused-ring (bicyclic) bond motifs is 1. The molecule has 1 unspecified atom stereocenters. The van der Waals surface area contributed by atoms with Crippen molar-refractivity contribution in [3.05, 3.63) is 120 Å². The summed E-state index contributed by atoms with van der Waals surface area (Å²) >= 11 is 7.23. The van der Waals surface area contributed by atoms with Gasteiger partial charge in [0.1, 0.15) is 18.2 Å². The Bertz CT molecular complexity index is 1810. The summed E-state index contributed by atoms with van der Waals surface area (Å²) in [6.45, 7) is 1.82. The Kier molecular flexibility index (Phi) is 8.29. The topological polar surface area (TPSA) is 109 Å². The van der Waals surface area contributed by atoms with E-state index in [2.05, 4.69) is 4.99 Å². The molecule has 1 aliphatic heterocycles. The number of esters is 2. The number of nitrogens with zero attached hydrogens (tertiary/aromatic N) is 2. The standard InChI is InChI=1S/C29H22ClFN2O7S/c1-16-24(28(36)39-14-13-37-2)25(17-8-10-18(11-9-17)40-27(35)22-7-4-12-38-22)33-26(34)23(41-29(33)32-16)15-19-20(30)5-3-6-21(19)31/h3-12,15,25H,13-14H2,1-2H3. The van der Waals surface area contributed by atoms with Crippen molar-refractivity contribution in [1.82, 2.24) is 4.57 Å². The number of aromatic nitrogens is 1. The lowest BCUT2D eigenvalue weighted by atomic mass is 9.96. The van der Waals surface area contributed by atoms with Crippen molar-refractivity contribution < 1.29 is 32.6 Å². The fourth-order valence-electron chi connectivity index (χ4n) is 4.24. The molecule has 0 radical (unpaired) electrons. The summed E-state index contributed by atoms with van der Waals surface area (Å²) < 4.78 is 36.9. The van der Waals surface area contributed by atoms with Gasteiger partial charge in [-0.15, -0.1) is 0 Å². The largest absolute Gasteiger partial charge is 0.460 e. The minimum Gasteiger partial charge on any atom is -0.460 e. The molecule has 210 valence electrons. The molecule has 3 heterocycles. The monoisotopic (exact) mass is 596 g/mol. The average Bonchev–Trinajstić information content (AvgIpc) is 3.59. The van der Waals surface area contributed by atoms with Gasteiger partial charge < -0.3 is 18.6 Å². The molecule has 1 aliphatic rings. The molecule has 2 aromatic carbocycles. The van der Waals surface area contributed by atoms with Crippen LogP contribution >= 0.6 is 22.9 Å². The van der Waals surface area contributed by atoms with E-state index in [1.165, 1.54) is 60.4 Å². The molecule has 0 spiro atoms. The number of allylic oxidation sites excluding steroid dienone is 1. The zero-order valence-corrected chi connectivity index (χ0v) is 23.3. The summed E-state index contributed by atoms with van der Waals surface area (Å²) in [5, 5.41) is 0.144. The fourth-order valence-corrected chi connectivity index (χ4v) is 5.49. The summed E-state index contributed by atoms with van der Waals surface area (Å²) in [4.78, 5) is 44.1. The first-order valence-corrected chi connectivity index (χ1v) is 13.5. The molecular weight excluding hydrogens is 575 g/mol. The first-order valence-electron chi connectivity index (χ1n) is 12.3. The molecule has 0 aliphatic carbocycles. The molecule has 0 fully saturated rings. The third kappa shape index (κ3) is 5.78. The minimum absolute atomic E-state index is 0.00327. The van der Waals surface area contributed by atoms with Crippen LogP contribution in [0.1, 0.15) is 34.6 Å². The second-order valence-electron chi connectivity index (χ2n) is 8.78. The van der Waals surface area contributed by atoms with E-state index in [0.29, 0.717) is 16.1 Å². The number of ether oxygens (including phenoxy) is 3. The maximum absolute atomic E-state index is 14.5. The number of carbonyl (C=O) groups excluding carboxylic acids is 2. The normalized spacial score (nSPS) is 14.9. The van der Waals surface area contributed by atoms with Gasteiger partial charge in [0.25, 0.3) is 5.56 Å². The quantitative estimate of drug-likeness (QED) is 0.172. The van der Waals surface area contributed by atoms with Crippen molar-refractivity contribution in [3.63, 3.8) is 0 Å². The maximum Gasteiger partial charge on any atom is 0.379 e. The third-order valence-electron chi connectivity index (χ3n) is 6.17. The van der Waals surface area contributed by atoms with E-state index in [4.69, 9.17) is 30.2 Å². The van der Waals surface area contributed by atoms with Crippen LogP contribution in [-0.4, -0.2) is 36.8 Å². The SMILES string of the molecule is COCCOC(=O)C1=C(C)N=c2sc(=Cc3c(F)cccc3Cl)c(=O)n2C1c1ccc(OC(=O)c2ccco2)cc1. The molecule has 5 rings (SSSR count). The van der Waals surface area contributed by atoms with Crippen LogP contribution in [0, 0.1) is 5.82 Å². The molecule has 0 amide bonds. The van der Waals surface area contributed by atoms with Crippen molar-refractivity contribution in [2.24, 2.45) is 4.99 Å². The number of benzene rings is 2. The van der Waals surface area contributed by atoms with Crippen LogP contribution in [0.25, 0.3) is 6.08 Å². The van der Waals surface area contributed by atoms with E-state index >= 15 is 0 Å². The van der Waals surface area contributed by atoms with Gasteiger partial charge in [-0.3, -0.25) is 9.36 Å². The van der Waals surface area contributed by atoms with Crippen molar-refractivity contribution in [2.75, 3.05) is 20.3 Å². The lowest BCUT2D eigenvalue weighted by Gasteiger charge is -2.25. The van der Waals surface area contributed by atoms with Gasteiger partial charge in [-0.2, -0.15) is 0 Å². The number of hydrogen-bond acceptors (Lipinski definition) is 9. The van der Waals surface area contributed by atoms with Crippen LogP contribution in [0.3, 0.4) is 0 Å². The maximum atomic E-state index is 14.5. The van der Waals surface area contributed by atoms with E-state index in [-0.39, 0.29) is 45.4 Å².